The zero-order valence-electron chi connectivity index (χ0n) is 21.4. The van der Waals surface area contributed by atoms with Crippen LogP contribution in [0.25, 0.3) is 5.76 Å². The first-order valence-corrected chi connectivity index (χ1v) is 12.5. The molecule has 0 radical (unpaired) electrons. The maximum absolute atomic E-state index is 13.3. The molecule has 1 saturated heterocycles. The minimum Gasteiger partial charge on any atom is -0.507 e. The molecule has 7 nitrogen and oxygen atoms in total. The summed E-state index contributed by atoms with van der Waals surface area (Å²) < 4.78 is 11.4. The third-order valence-electron chi connectivity index (χ3n) is 6.19. The molecule has 1 amide bonds. The van der Waals surface area contributed by atoms with Crippen LogP contribution in [0.2, 0.25) is 0 Å². The number of ether oxygens (including phenoxy) is 2. The Labute approximate surface area is 217 Å². The first-order valence-electron chi connectivity index (χ1n) is 12.5. The smallest absolute Gasteiger partial charge is 0.295 e. The molecule has 0 saturated carbocycles. The summed E-state index contributed by atoms with van der Waals surface area (Å²) in [5, 5.41) is 11.3. The van der Waals surface area contributed by atoms with Gasteiger partial charge in [-0.15, -0.1) is 0 Å². The molecule has 1 aliphatic heterocycles. The van der Waals surface area contributed by atoms with E-state index in [9.17, 15) is 14.7 Å². The number of amides is 1. The number of aliphatic hydroxyl groups excluding tert-OH is 1. The number of hydrogen-bond donors (Lipinski definition) is 1. The number of pyridine rings is 1. The van der Waals surface area contributed by atoms with Gasteiger partial charge in [-0.05, 0) is 72.9 Å². The molecule has 2 heterocycles. The van der Waals surface area contributed by atoms with E-state index >= 15 is 0 Å². The number of likely N-dealkylation sites (tertiary alicyclic amines) is 1. The largest absolute Gasteiger partial charge is 0.507 e. The average Bonchev–Trinajstić information content (AvgIpc) is 3.14. The van der Waals surface area contributed by atoms with Gasteiger partial charge in [0.05, 0.1) is 24.8 Å². The van der Waals surface area contributed by atoms with Crippen molar-refractivity contribution >= 4 is 17.4 Å². The van der Waals surface area contributed by atoms with Crippen LogP contribution in [0, 0.1) is 5.92 Å². The molecule has 7 heteroatoms. The van der Waals surface area contributed by atoms with E-state index in [4.69, 9.17) is 9.47 Å². The van der Waals surface area contributed by atoms with Crippen LogP contribution in [0.3, 0.4) is 0 Å². The summed E-state index contributed by atoms with van der Waals surface area (Å²) in [5.74, 6) is 0.166. The highest BCUT2D eigenvalue weighted by molar-refractivity contribution is 6.46. The Kier molecular flexibility index (Phi) is 8.23. The van der Waals surface area contributed by atoms with Crippen LogP contribution in [0.15, 0.2) is 78.6 Å². The Morgan fingerprint density at radius 1 is 1.03 bits per heavy atom. The second-order valence-corrected chi connectivity index (χ2v) is 9.35. The van der Waals surface area contributed by atoms with Gasteiger partial charge in [-0.2, -0.15) is 0 Å². The molecule has 0 spiro atoms. The van der Waals surface area contributed by atoms with Gasteiger partial charge in [0.15, 0.2) is 0 Å². The standard InChI is InChI=1S/C30H32N2O5/c1-4-36-24-12-10-22(11-13-24)28(33)26-27(23-8-5-9-25(17-23)37-16-14-20(2)3)32(30(35)29(26)34)19-21-7-6-15-31-18-21/h5-13,15,17-18,20,27,33H,4,14,16,19H2,1-3H3. The molecule has 1 atom stereocenters. The zero-order chi connectivity index (χ0) is 26.4. The monoisotopic (exact) mass is 500 g/mol. The number of ketones is 1. The number of Topliss-reactive ketones (excluding diaryl/α,β-unsaturated/α-hetero) is 1. The lowest BCUT2D eigenvalue weighted by Crippen LogP contribution is -2.29. The van der Waals surface area contributed by atoms with Gasteiger partial charge in [0, 0.05) is 24.5 Å². The van der Waals surface area contributed by atoms with Gasteiger partial charge in [-0.3, -0.25) is 14.6 Å². The predicted octanol–water partition coefficient (Wildman–Crippen LogP) is 5.53. The number of hydrogen-bond acceptors (Lipinski definition) is 6. The van der Waals surface area contributed by atoms with Crippen LogP contribution in [-0.4, -0.2) is 39.9 Å². The Balaban J connectivity index is 1.77. The lowest BCUT2D eigenvalue weighted by atomic mass is 9.95. The lowest BCUT2D eigenvalue weighted by molar-refractivity contribution is -0.140. The van der Waals surface area contributed by atoms with Gasteiger partial charge in [-0.25, -0.2) is 0 Å². The van der Waals surface area contributed by atoms with E-state index in [-0.39, 0.29) is 17.9 Å². The minimum atomic E-state index is -0.791. The molecule has 37 heavy (non-hydrogen) atoms. The van der Waals surface area contributed by atoms with E-state index in [2.05, 4.69) is 18.8 Å². The maximum atomic E-state index is 13.3. The summed E-state index contributed by atoms with van der Waals surface area (Å²) in [4.78, 5) is 32.2. The molecule has 0 aliphatic carbocycles. The molecule has 1 aliphatic rings. The fraction of sp³-hybridized carbons (Fsp3) is 0.300. The number of nitrogens with zero attached hydrogens (tertiary/aromatic N) is 2. The molecule has 2 aromatic carbocycles. The highest BCUT2D eigenvalue weighted by Gasteiger charge is 2.46. The van der Waals surface area contributed by atoms with Gasteiger partial charge < -0.3 is 19.5 Å². The molecule has 4 rings (SSSR count). The summed E-state index contributed by atoms with van der Waals surface area (Å²) in [6.45, 7) is 7.39. The fourth-order valence-corrected chi connectivity index (χ4v) is 4.30. The Morgan fingerprint density at radius 3 is 2.49 bits per heavy atom. The summed E-state index contributed by atoms with van der Waals surface area (Å²) in [5.41, 5.74) is 1.92. The number of benzene rings is 2. The molecule has 1 fully saturated rings. The quantitative estimate of drug-likeness (QED) is 0.224. The van der Waals surface area contributed by atoms with Crippen molar-refractivity contribution in [3.63, 3.8) is 0 Å². The van der Waals surface area contributed by atoms with Crippen LogP contribution in [0.1, 0.15) is 49.9 Å². The van der Waals surface area contributed by atoms with E-state index in [1.165, 1.54) is 4.90 Å². The Morgan fingerprint density at radius 2 is 1.81 bits per heavy atom. The normalized spacial score (nSPS) is 16.9. The number of carbonyl (C=O) groups is 2. The summed E-state index contributed by atoms with van der Waals surface area (Å²) in [7, 11) is 0. The number of carbonyl (C=O) groups excluding carboxylic acids is 2. The van der Waals surface area contributed by atoms with Gasteiger partial charge >= 0.3 is 0 Å². The molecule has 1 N–H and O–H groups in total. The summed E-state index contributed by atoms with van der Waals surface area (Å²) >= 11 is 0. The molecule has 0 bridgehead atoms. The van der Waals surface area contributed by atoms with Crippen LogP contribution in [0.4, 0.5) is 0 Å². The second-order valence-electron chi connectivity index (χ2n) is 9.35. The van der Waals surface area contributed by atoms with Crippen LogP contribution < -0.4 is 9.47 Å². The second kappa shape index (κ2) is 11.7. The number of aromatic nitrogens is 1. The van der Waals surface area contributed by atoms with Crippen molar-refractivity contribution in [2.45, 2.75) is 39.8 Å². The third kappa shape index (κ3) is 6.00. The zero-order valence-corrected chi connectivity index (χ0v) is 21.4. The molecular weight excluding hydrogens is 468 g/mol. The summed E-state index contributed by atoms with van der Waals surface area (Å²) in [6, 6.07) is 17.0. The average molecular weight is 501 g/mol. The van der Waals surface area contributed by atoms with Crippen molar-refractivity contribution in [2.75, 3.05) is 13.2 Å². The number of rotatable bonds is 10. The van der Waals surface area contributed by atoms with E-state index in [0.717, 1.165) is 12.0 Å². The molecule has 3 aromatic rings. The van der Waals surface area contributed by atoms with Gasteiger partial charge in [0.25, 0.3) is 11.7 Å². The molecule has 1 unspecified atom stereocenters. The highest BCUT2D eigenvalue weighted by Crippen LogP contribution is 2.41. The predicted molar refractivity (Wildman–Crippen MR) is 141 cm³/mol. The topological polar surface area (TPSA) is 89.0 Å². The van der Waals surface area contributed by atoms with E-state index in [1.54, 1.807) is 42.7 Å². The summed E-state index contributed by atoms with van der Waals surface area (Å²) in [6.07, 6.45) is 4.22. The van der Waals surface area contributed by atoms with Crippen molar-refractivity contribution in [2.24, 2.45) is 5.92 Å². The molecule has 1 aromatic heterocycles. The van der Waals surface area contributed by atoms with Crippen molar-refractivity contribution in [3.05, 3.63) is 95.3 Å². The van der Waals surface area contributed by atoms with Crippen molar-refractivity contribution in [1.29, 1.82) is 0 Å². The van der Waals surface area contributed by atoms with Crippen LogP contribution >= 0.6 is 0 Å². The van der Waals surface area contributed by atoms with Gasteiger partial charge in [0.1, 0.15) is 17.3 Å². The Bertz CT molecular complexity index is 1270. The van der Waals surface area contributed by atoms with E-state index in [0.29, 0.717) is 41.8 Å². The third-order valence-corrected chi connectivity index (χ3v) is 6.19. The van der Waals surface area contributed by atoms with Crippen LogP contribution in [-0.2, 0) is 16.1 Å². The van der Waals surface area contributed by atoms with Gasteiger partial charge in [-0.1, -0.05) is 32.0 Å². The molecule has 192 valence electrons. The van der Waals surface area contributed by atoms with Crippen molar-refractivity contribution in [1.82, 2.24) is 9.88 Å². The fourth-order valence-electron chi connectivity index (χ4n) is 4.30. The first-order chi connectivity index (χ1) is 17.9. The van der Waals surface area contributed by atoms with Crippen molar-refractivity contribution < 1.29 is 24.2 Å². The number of aliphatic hydroxyl groups is 1. The minimum absolute atomic E-state index is 0.0392. The highest BCUT2D eigenvalue weighted by atomic mass is 16.5. The van der Waals surface area contributed by atoms with E-state index < -0.39 is 17.7 Å². The SMILES string of the molecule is CCOc1ccc(C(O)=C2C(=O)C(=O)N(Cc3cccnc3)C2c2cccc(OCCC(C)C)c2)cc1. The Hall–Kier alpha value is -4.13. The van der Waals surface area contributed by atoms with Crippen LogP contribution in [0.5, 0.6) is 11.5 Å². The van der Waals surface area contributed by atoms with Crippen molar-refractivity contribution in [3.8, 4) is 11.5 Å². The lowest BCUT2D eigenvalue weighted by Gasteiger charge is -2.25. The first kappa shape index (κ1) is 25.9. The maximum Gasteiger partial charge on any atom is 0.295 e. The van der Waals surface area contributed by atoms with E-state index in [1.807, 2.05) is 37.3 Å². The van der Waals surface area contributed by atoms with Gasteiger partial charge in [0.2, 0.25) is 0 Å². The molecular formula is C30H32N2O5.